The molecule has 0 saturated heterocycles. The zero-order chi connectivity index (χ0) is 12.8. The first kappa shape index (κ1) is 12.4. The van der Waals surface area contributed by atoms with E-state index >= 15 is 0 Å². The summed E-state index contributed by atoms with van der Waals surface area (Å²) in [4.78, 5) is 26.8. The zero-order valence-electron chi connectivity index (χ0n) is 10.3. The van der Waals surface area contributed by atoms with Crippen LogP contribution in [0.2, 0.25) is 5.15 Å². The second-order valence-electron chi connectivity index (χ2n) is 5.30. The second-order valence-corrected chi connectivity index (χ2v) is 5.68. The van der Waals surface area contributed by atoms with Gasteiger partial charge in [-0.25, -0.2) is 4.79 Å². The van der Waals surface area contributed by atoms with Crippen LogP contribution in [0.5, 0.6) is 0 Å². The van der Waals surface area contributed by atoms with E-state index in [2.05, 4.69) is 4.98 Å². The van der Waals surface area contributed by atoms with E-state index in [1.54, 1.807) is 0 Å². The van der Waals surface area contributed by atoms with Gasteiger partial charge in [0.15, 0.2) is 0 Å². The largest absolute Gasteiger partial charge is 0.330 e. The first-order chi connectivity index (χ1) is 7.87. The highest BCUT2D eigenvalue weighted by molar-refractivity contribution is 6.30. The summed E-state index contributed by atoms with van der Waals surface area (Å²) in [5.74, 6) is 0.00164. The molecule has 0 radical (unpaired) electrons. The molecule has 0 bridgehead atoms. The van der Waals surface area contributed by atoms with E-state index in [1.807, 2.05) is 20.8 Å². The Morgan fingerprint density at radius 1 is 1.35 bits per heavy atom. The van der Waals surface area contributed by atoms with Crippen molar-refractivity contribution >= 4 is 11.6 Å². The van der Waals surface area contributed by atoms with Gasteiger partial charge in [0.2, 0.25) is 0 Å². The molecule has 2 rings (SSSR count). The fraction of sp³-hybridized carbons (Fsp3) is 0.667. The number of aromatic amines is 1. The molecule has 0 amide bonds. The standard InChI is InChI=1S/C12H17ClN2O2/c1-7(2)8-9(13)14-11(17)15(10(8)16)12(3)5-4-6-12/h7H,4-6H2,1-3H3,(H,14,17). The van der Waals surface area contributed by atoms with Crippen LogP contribution in [0.1, 0.15) is 51.5 Å². The molecule has 1 N–H and O–H groups in total. The quantitative estimate of drug-likeness (QED) is 0.825. The summed E-state index contributed by atoms with van der Waals surface area (Å²) in [7, 11) is 0. The van der Waals surface area contributed by atoms with Gasteiger partial charge < -0.3 is 0 Å². The predicted octanol–water partition coefficient (Wildman–Crippen LogP) is 2.21. The van der Waals surface area contributed by atoms with Crippen molar-refractivity contribution < 1.29 is 0 Å². The van der Waals surface area contributed by atoms with Crippen molar-refractivity contribution in [3.63, 3.8) is 0 Å². The zero-order valence-corrected chi connectivity index (χ0v) is 11.1. The molecule has 1 aromatic rings. The summed E-state index contributed by atoms with van der Waals surface area (Å²) in [6.07, 6.45) is 2.80. The Bertz CT molecular complexity index is 553. The first-order valence-corrected chi connectivity index (χ1v) is 6.30. The topological polar surface area (TPSA) is 54.9 Å². The third-order valence-corrected chi connectivity index (χ3v) is 3.94. The predicted molar refractivity (Wildman–Crippen MR) is 67.9 cm³/mol. The lowest BCUT2D eigenvalue weighted by molar-refractivity contribution is 0.155. The van der Waals surface area contributed by atoms with Crippen molar-refractivity contribution in [3.8, 4) is 0 Å². The maximum absolute atomic E-state index is 12.4. The molecule has 94 valence electrons. The van der Waals surface area contributed by atoms with Crippen LogP contribution < -0.4 is 11.2 Å². The number of rotatable bonds is 2. The minimum absolute atomic E-state index is 0.00164. The molecule has 17 heavy (non-hydrogen) atoms. The van der Waals surface area contributed by atoms with Crippen molar-refractivity contribution in [2.75, 3.05) is 0 Å². The summed E-state index contributed by atoms with van der Waals surface area (Å²) in [5.41, 5.74) is -0.472. The second kappa shape index (κ2) is 4.02. The number of hydrogen-bond donors (Lipinski definition) is 1. The monoisotopic (exact) mass is 256 g/mol. The Morgan fingerprint density at radius 2 is 1.94 bits per heavy atom. The lowest BCUT2D eigenvalue weighted by Gasteiger charge is -2.39. The van der Waals surface area contributed by atoms with Gasteiger partial charge in [0.25, 0.3) is 5.56 Å². The van der Waals surface area contributed by atoms with Crippen LogP contribution in [-0.4, -0.2) is 9.55 Å². The summed E-state index contributed by atoms with van der Waals surface area (Å²) in [5, 5.41) is 0.175. The minimum atomic E-state index is -0.397. The highest BCUT2D eigenvalue weighted by Crippen LogP contribution is 2.36. The van der Waals surface area contributed by atoms with E-state index in [-0.39, 0.29) is 22.2 Å². The van der Waals surface area contributed by atoms with Crippen LogP contribution in [-0.2, 0) is 5.54 Å². The van der Waals surface area contributed by atoms with E-state index in [0.717, 1.165) is 19.3 Å². The Kier molecular flexibility index (Phi) is 2.94. The van der Waals surface area contributed by atoms with E-state index in [9.17, 15) is 9.59 Å². The van der Waals surface area contributed by atoms with Gasteiger partial charge in [0.1, 0.15) is 5.15 Å². The first-order valence-electron chi connectivity index (χ1n) is 5.92. The molecule has 1 fully saturated rings. The number of halogens is 1. The summed E-state index contributed by atoms with van der Waals surface area (Å²) >= 11 is 5.94. The molecule has 1 aromatic heterocycles. The van der Waals surface area contributed by atoms with Gasteiger partial charge in [-0.3, -0.25) is 14.3 Å². The van der Waals surface area contributed by atoms with Gasteiger partial charge in [-0.15, -0.1) is 0 Å². The van der Waals surface area contributed by atoms with Crippen LogP contribution in [0.4, 0.5) is 0 Å². The fourth-order valence-corrected chi connectivity index (χ4v) is 2.81. The van der Waals surface area contributed by atoms with Crippen molar-refractivity contribution in [2.24, 2.45) is 0 Å². The Labute approximate surface area is 105 Å². The highest BCUT2D eigenvalue weighted by atomic mass is 35.5. The molecular weight excluding hydrogens is 240 g/mol. The molecule has 1 aliphatic rings. The van der Waals surface area contributed by atoms with Gasteiger partial charge in [-0.1, -0.05) is 25.4 Å². The van der Waals surface area contributed by atoms with Gasteiger partial charge in [-0.2, -0.15) is 0 Å². The molecule has 0 atom stereocenters. The minimum Gasteiger partial charge on any atom is -0.297 e. The van der Waals surface area contributed by atoms with Gasteiger partial charge >= 0.3 is 5.69 Å². The lowest BCUT2D eigenvalue weighted by Crippen LogP contribution is -2.52. The number of nitrogens with zero attached hydrogens (tertiary/aromatic N) is 1. The van der Waals surface area contributed by atoms with Gasteiger partial charge in [0, 0.05) is 5.54 Å². The summed E-state index contributed by atoms with van der Waals surface area (Å²) in [6.45, 7) is 5.74. The molecular formula is C12H17ClN2O2. The normalized spacial score (nSPS) is 18.2. The van der Waals surface area contributed by atoms with Crippen LogP contribution in [0.25, 0.3) is 0 Å². The molecule has 1 aliphatic carbocycles. The Balaban J connectivity index is 2.73. The molecule has 4 nitrogen and oxygen atoms in total. The van der Waals surface area contributed by atoms with E-state index < -0.39 is 5.69 Å². The van der Waals surface area contributed by atoms with Gasteiger partial charge in [0.05, 0.1) is 5.56 Å². The van der Waals surface area contributed by atoms with E-state index in [4.69, 9.17) is 11.6 Å². The molecule has 0 spiro atoms. The number of nitrogens with one attached hydrogen (secondary N) is 1. The SMILES string of the molecule is CC(C)c1c(Cl)[nH]c(=O)n(C2(C)CCC2)c1=O. The van der Waals surface area contributed by atoms with Crippen molar-refractivity contribution in [1.82, 2.24) is 9.55 Å². The average molecular weight is 257 g/mol. The third kappa shape index (κ3) is 1.84. The fourth-order valence-electron chi connectivity index (χ4n) is 2.43. The van der Waals surface area contributed by atoms with E-state index in [0.29, 0.717) is 5.56 Å². The highest BCUT2D eigenvalue weighted by Gasteiger charge is 2.37. The Morgan fingerprint density at radius 3 is 2.35 bits per heavy atom. The Hall–Kier alpha value is -1.03. The molecule has 1 saturated carbocycles. The molecule has 0 unspecified atom stereocenters. The summed E-state index contributed by atoms with van der Waals surface area (Å²) < 4.78 is 1.34. The van der Waals surface area contributed by atoms with Crippen molar-refractivity contribution in [2.45, 2.75) is 51.5 Å². The molecule has 5 heteroatoms. The average Bonchev–Trinajstić information content (AvgIpc) is 2.13. The third-order valence-electron chi connectivity index (χ3n) is 3.64. The van der Waals surface area contributed by atoms with Crippen molar-refractivity contribution in [1.29, 1.82) is 0 Å². The maximum atomic E-state index is 12.4. The lowest BCUT2D eigenvalue weighted by atomic mass is 9.78. The van der Waals surface area contributed by atoms with Crippen LogP contribution in [0, 0.1) is 0 Å². The number of H-pyrrole nitrogens is 1. The van der Waals surface area contributed by atoms with Crippen LogP contribution in [0.3, 0.4) is 0 Å². The molecule has 0 aromatic carbocycles. The van der Waals surface area contributed by atoms with E-state index in [1.165, 1.54) is 4.57 Å². The van der Waals surface area contributed by atoms with Crippen LogP contribution >= 0.6 is 11.6 Å². The molecule has 1 heterocycles. The molecule has 0 aliphatic heterocycles. The maximum Gasteiger partial charge on any atom is 0.330 e. The summed E-state index contributed by atoms with van der Waals surface area (Å²) in [6, 6.07) is 0. The smallest absolute Gasteiger partial charge is 0.297 e. The number of aromatic nitrogens is 2. The number of hydrogen-bond acceptors (Lipinski definition) is 2. The van der Waals surface area contributed by atoms with Crippen LogP contribution in [0.15, 0.2) is 9.59 Å². The van der Waals surface area contributed by atoms with Gasteiger partial charge in [-0.05, 0) is 32.1 Å². The van der Waals surface area contributed by atoms with Crippen molar-refractivity contribution in [3.05, 3.63) is 31.6 Å².